The molecule has 2 aliphatic rings. The molecule has 3 unspecified atom stereocenters. The fraction of sp³-hybridized carbons (Fsp3) is 0.538. The second-order valence-corrected chi connectivity index (χ2v) is 5.71. The van der Waals surface area contributed by atoms with Crippen molar-refractivity contribution >= 4 is 23.0 Å². The first kappa shape index (κ1) is 12.1. The molecule has 98 valence electrons. The standard InChI is InChI=1S/C13H16ClFN2O/c14-9-3-11(16)12(4-10(9)15)17-5-7-1-2-13(18)8(7)6-17/h3-4,7-8,13,18H,1-2,5-6,16H2. The topological polar surface area (TPSA) is 49.5 Å². The van der Waals surface area contributed by atoms with Crippen molar-refractivity contribution in [2.75, 3.05) is 23.7 Å². The first-order chi connectivity index (χ1) is 8.56. The maximum Gasteiger partial charge on any atom is 0.144 e. The normalized spacial score (nSPS) is 30.8. The SMILES string of the molecule is Nc1cc(Cl)c(F)cc1N1CC2CCC(O)C2C1. The van der Waals surface area contributed by atoms with Gasteiger partial charge in [0.25, 0.3) is 0 Å². The van der Waals surface area contributed by atoms with Gasteiger partial charge in [0.2, 0.25) is 0 Å². The van der Waals surface area contributed by atoms with Gasteiger partial charge in [0.05, 0.1) is 22.5 Å². The van der Waals surface area contributed by atoms with Gasteiger partial charge < -0.3 is 15.7 Å². The Morgan fingerprint density at radius 1 is 1.33 bits per heavy atom. The summed E-state index contributed by atoms with van der Waals surface area (Å²) >= 11 is 5.70. The highest BCUT2D eigenvalue weighted by atomic mass is 35.5. The lowest BCUT2D eigenvalue weighted by Gasteiger charge is -2.22. The maximum atomic E-state index is 13.5. The Morgan fingerprint density at radius 2 is 2.11 bits per heavy atom. The molecule has 1 aliphatic heterocycles. The van der Waals surface area contributed by atoms with Crippen LogP contribution in [-0.2, 0) is 0 Å². The van der Waals surface area contributed by atoms with Crippen LogP contribution in [0.4, 0.5) is 15.8 Å². The molecule has 0 amide bonds. The van der Waals surface area contributed by atoms with Gasteiger partial charge in [0, 0.05) is 25.1 Å². The molecule has 3 rings (SSSR count). The first-order valence-corrected chi connectivity index (χ1v) is 6.61. The number of nitrogen functional groups attached to an aromatic ring is 1. The zero-order valence-corrected chi connectivity index (χ0v) is 10.7. The lowest BCUT2D eigenvalue weighted by Crippen LogP contribution is -2.25. The molecule has 18 heavy (non-hydrogen) atoms. The minimum atomic E-state index is -0.446. The van der Waals surface area contributed by atoms with Crippen LogP contribution in [-0.4, -0.2) is 24.3 Å². The molecule has 1 saturated heterocycles. The molecule has 1 aliphatic carbocycles. The van der Waals surface area contributed by atoms with Crippen LogP contribution in [0.1, 0.15) is 12.8 Å². The smallest absolute Gasteiger partial charge is 0.144 e. The van der Waals surface area contributed by atoms with Gasteiger partial charge in [-0.1, -0.05) is 11.6 Å². The number of halogens is 2. The zero-order chi connectivity index (χ0) is 12.9. The van der Waals surface area contributed by atoms with Crippen molar-refractivity contribution in [1.82, 2.24) is 0 Å². The number of aliphatic hydroxyl groups is 1. The average molecular weight is 271 g/mol. The fourth-order valence-electron chi connectivity index (χ4n) is 3.26. The van der Waals surface area contributed by atoms with Crippen molar-refractivity contribution in [3.63, 3.8) is 0 Å². The molecule has 2 fully saturated rings. The van der Waals surface area contributed by atoms with Crippen LogP contribution in [0.2, 0.25) is 5.02 Å². The Bertz CT molecular complexity index is 482. The van der Waals surface area contributed by atoms with E-state index in [1.807, 2.05) is 0 Å². The zero-order valence-electron chi connectivity index (χ0n) is 9.94. The molecular weight excluding hydrogens is 255 g/mol. The summed E-state index contributed by atoms with van der Waals surface area (Å²) in [7, 11) is 0. The third-order valence-corrected chi connectivity index (χ3v) is 4.52. The van der Waals surface area contributed by atoms with Gasteiger partial charge >= 0.3 is 0 Å². The second-order valence-electron chi connectivity index (χ2n) is 5.30. The van der Waals surface area contributed by atoms with Gasteiger partial charge in [-0.2, -0.15) is 0 Å². The predicted molar refractivity (Wildman–Crippen MR) is 70.3 cm³/mol. The number of fused-ring (bicyclic) bond motifs is 1. The quantitative estimate of drug-likeness (QED) is 0.770. The number of hydrogen-bond acceptors (Lipinski definition) is 3. The second kappa shape index (κ2) is 4.28. The monoisotopic (exact) mass is 270 g/mol. The molecule has 3 N–H and O–H groups in total. The van der Waals surface area contributed by atoms with E-state index < -0.39 is 5.82 Å². The van der Waals surface area contributed by atoms with Crippen LogP contribution in [0.3, 0.4) is 0 Å². The first-order valence-electron chi connectivity index (χ1n) is 6.24. The van der Waals surface area contributed by atoms with E-state index in [1.165, 1.54) is 12.1 Å². The molecule has 1 aromatic carbocycles. The van der Waals surface area contributed by atoms with Crippen LogP contribution < -0.4 is 10.6 Å². The van der Waals surface area contributed by atoms with E-state index in [1.54, 1.807) is 0 Å². The molecule has 1 aromatic rings. The number of hydrogen-bond donors (Lipinski definition) is 2. The predicted octanol–water partition coefficient (Wildman–Crippen LogP) is 2.27. The summed E-state index contributed by atoms with van der Waals surface area (Å²) in [4.78, 5) is 2.06. The van der Waals surface area contributed by atoms with Crippen LogP contribution in [0, 0.1) is 17.7 Å². The molecular formula is C13H16ClFN2O. The number of rotatable bonds is 1. The Hall–Kier alpha value is -1.00. The Morgan fingerprint density at radius 3 is 2.83 bits per heavy atom. The van der Waals surface area contributed by atoms with Crippen LogP contribution >= 0.6 is 11.6 Å². The number of benzene rings is 1. The van der Waals surface area contributed by atoms with Gasteiger partial charge in [0.1, 0.15) is 5.82 Å². The van der Waals surface area contributed by atoms with Crippen molar-refractivity contribution in [3.05, 3.63) is 23.0 Å². The summed E-state index contributed by atoms with van der Waals surface area (Å²) in [5.74, 6) is 0.347. The lowest BCUT2D eigenvalue weighted by molar-refractivity contribution is 0.133. The largest absolute Gasteiger partial charge is 0.397 e. The number of nitrogens with two attached hydrogens (primary N) is 1. The number of aliphatic hydroxyl groups excluding tert-OH is 1. The molecule has 3 nitrogen and oxygen atoms in total. The number of nitrogens with zero attached hydrogens (tertiary/aromatic N) is 1. The summed E-state index contributed by atoms with van der Waals surface area (Å²) in [6.45, 7) is 1.59. The van der Waals surface area contributed by atoms with Crippen molar-refractivity contribution < 1.29 is 9.50 Å². The molecule has 0 radical (unpaired) electrons. The molecule has 0 aromatic heterocycles. The van der Waals surface area contributed by atoms with Crippen molar-refractivity contribution in [2.24, 2.45) is 11.8 Å². The summed E-state index contributed by atoms with van der Waals surface area (Å²) in [5.41, 5.74) is 7.09. The highest BCUT2D eigenvalue weighted by Gasteiger charge is 2.42. The molecule has 0 spiro atoms. The summed E-state index contributed by atoms with van der Waals surface area (Å²) < 4.78 is 13.5. The van der Waals surface area contributed by atoms with Crippen molar-refractivity contribution in [1.29, 1.82) is 0 Å². The van der Waals surface area contributed by atoms with Crippen molar-refractivity contribution in [2.45, 2.75) is 18.9 Å². The Kier molecular flexibility index (Phi) is 2.87. The van der Waals surface area contributed by atoms with E-state index in [9.17, 15) is 9.50 Å². The molecule has 3 atom stereocenters. The summed E-state index contributed by atoms with van der Waals surface area (Å²) in [5, 5.41) is 9.93. The van der Waals surface area contributed by atoms with E-state index in [-0.39, 0.29) is 11.1 Å². The van der Waals surface area contributed by atoms with E-state index in [4.69, 9.17) is 17.3 Å². The minimum absolute atomic E-state index is 0.0516. The number of anilines is 2. The summed E-state index contributed by atoms with van der Waals surface area (Å²) in [6.07, 6.45) is 1.70. The maximum absolute atomic E-state index is 13.5. The third-order valence-electron chi connectivity index (χ3n) is 4.23. The van der Waals surface area contributed by atoms with Gasteiger partial charge in [0.15, 0.2) is 0 Å². The van der Waals surface area contributed by atoms with E-state index in [0.717, 1.165) is 25.9 Å². The molecule has 5 heteroatoms. The Balaban J connectivity index is 1.87. The molecule has 1 heterocycles. The van der Waals surface area contributed by atoms with E-state index >= 15 is 0 Å². The fourth-order valence-corrected chi connectivity index (χ4v) is 3.43. The van der Waals surface area contributed by atoms with Gasteiger partial charge in [-0.05, 0) is 24.8 Å². The molecule has 1 saturated carbocycles. The highest BCUT2D eigenvalue weighted by molar-refractivity contribution is 6.31. The molecule has 0 bridgehead atoms. The van der Waals surface area contributed by atoms with E-state index in [2.05, 4.69) is 4.90 Å². The highest BCUT2D eigenvalue weighted by Crippen LogP contribution is 2.41. The van der Waals surface area contributed by atoms with Gasteiger partial charge in [-0.15, -0.1) is 0 Å². The van der Waals surface area contributed by atoms with Gasteiger partial charge in [-0.3, -0.25) is 0 Å². The van der Waals surface area contributed by atoms with Crippen LogP contribution in [0.25, 0.3) is 0 Å². The summed E-state index contributed by atoms with van der Waals surface area (Å²) in [6, 6.07) is 2.85. The van der Waals surface area contributed by atoms with Crippen LogP contribution in [0.15, 0.2) is 12.1 Å². The average Bonchev–Trinajstić information content (AvgIpc) is 2.87. The van der Waals surface area contributed by atoms with Gasteiger partial charge in [-0.25, -0.2) is 4.39 Å². The third kappa shape index (κ3) is 1.84. The van der Waals surface area contributed by atoms with E-state index in [0.29, 0.717) is 23.2 Å². The van der Waals surface area contributed by atoms with Crippen LogP contribution in [0.5, 0.6) is 0 Å². The lowest BCUT2D eigenvalue weighted by atomic mass is 10.00. The Labute approximate surface area is 110 Å². The minimum Gasteiger partial charge on any atom is -0.397 e. The van der Waals surface area contributed by atoms with Crippen molar-refractivity contribution in [3.8, 4) is 0 Å².